The van der Waals surface area contributed by atoms with Crippen molar-refractivity contribution in [3.8, 4) is 5.75 Å². The summed E-state index contributed by atoms with van der Waals surface area (Å²) in [4.78, 5) is 12.9. The maximum Gasteiger partial charge on any atom is 0.339 e. The number of carbonyl (C=O) groups is 1. The molecule has 0 aliphatic rings. The minimum absolute atomic E-state index is 0.0143. The molecule has 0 saturated heterocycles. The van der Waals surface area contributed by atoms with Crippen LogP contribution in [0.2, 0.25) is 10.0 Å². The summed E-state index contributed by atoms with van der Waals surface area (Å²) in [6.07, 6.45) is 1.77. The standard InChI is InChI=1S/C23H18Cl2O3/c1-27-18-10-5-7-16(13-18)14-19(17-8-3-2-4-9-17)23(26)28-15-20-21(24)11-6-12-22(20)25/h2-14H,15H2,1H3. The molecule has 0 heterocycles. The van der Waals surface area contributed by atoms with Gasteiger partial charge in [0.15, 0.2) is 0 Å². The number of hydrogen-bond acceptors (Lipinski definition) is 3. The second kappa shape index (κ2) is 9.45. The summed E-state index contributed by atoms with van der Waals surface area (Å²) in [5, 5.41) is 0.914. The maximum absolute atomic E-state index is 12.9. The number of esters is 1. The Morgan fingerprint density at radius 1 is 0.929 bits per heavy atom. The fourth-order valence-electron chi connectivity index (χ4n) is 2.66. The highest BCUT2D eigenvalue weighted by Crippen LogP contribution is 2.27. The summed E-state index contributed by atoms with van der Waals surface area (Å²) >= 11 is 12.3. The third-order valence-corrected chi connectivity index (χ3v) is 4.83. The first-order chi connectivity index (χ1) is 13.6. The van der Waals surface area contributed by atoms with Crippen molar-refractivity contribution in [2.75, 3.05) is 7.11 Å². The zero-order chi connectivity index (χ0) is 19.9. The minimum atomic E-state index is -0.468. The lowest BCUT2D eigenvalue weighted by molar-refractivity contribution is -0.137. The highest BCUT2D eigenvalue weighted by atomic mass is 35.5. The molecule has 0 aromatic heterocycles. The zero-order valence-electron chi connectivity index (χ0n) is 15.2. The van der Waals surface area contributed by atoms with Crippen molar-refractivity contribution in [3.63, 3.8) is 0 Å². The molecule has 142 valence electrons. The fourth-order valence-corrected chi connectivity index (χ4v) is 3.17. The van der Waals surface area contributed by atoms with E-state index in [9.17, 15) is 4.79 Å². The smallest absolute Gasteiger partial charge is 0.339 e. The number of methoxy groups -OCH3 is 1. The van der Waals surface area contributed by atoms with Crippen LogP contribution >= 0.6 is 23.2 Å². The van der Waals surface area contributed by atoms with Crippen LogP contribution in [0, 0.1) is 0 Å². The van der Waals surface area contributed by atoms with Crippen molar-refractivity contribution >= 4 is 40.8 Å². The highest BCUT2D eigenvalue weighted by Gasteiger charge is 2.16. The van der Waals surface area contributed by atoms with E-state index in [1.807, 2.05) is 54.6 Å². The largest absolute Gasteiger partial charge is 0.497 e. The molecule has 0 unspecified atom stereocenters. The van der Waals surface area contributed by atoms with E-state index in [1.165, 1.54) is 0 Å². The van der Waals surface area contributed by atoms with Crippen LogP contribution in [0.15, 0.2) is 72.8 Å². The molecule has 0 radical (unpaired) electrons. The first-order valence-corrected chi connectivity index (χ1v) is 9.35. The lowest BCUT2D eigenvalue weighted by Crippen LogP contribution is -2.08. The van der Waals surface area contributed by atoms with Crippen molar-refractivity contribution in [2.24, 2.45) is 0 Å². The van der Waals surface area contributed by atoms with Crippen LogP contribution in [0.3, 0.4) is 0 Å². The summed E-state index contributed by atoms with van der Waals surface area (Å²) in [6.45, 7) is -0.0143. The van der Waals surface area contributed by atoms with Gasteiger partial charge in [-0.15, -0.1) is 0 Å². The van der Waals surface area contributed by atoms with Crippen LogP contribution in [-0.4, -0.2) is 13.1 Å². The predicted octanol–water partition coefficient (Wildman–Crippen LogP) is 6.29. The monoisotopic (exact) mass is 412 g/mol. The van der Waals surface area contributed by atoms with E-state index in [4.69, 9.17) is 32.7 Å². The molecule has 0 N–H and O–H groups in total. The molecular weight excluding hydrogens is 395 g/mol. The van der Waals surface area contributed by atoms with Crippen LogP contribution < -0.4 is 4.74 Å². The number of benzene rings is 3. The first-order valence-electron chi connectivity index (χ1n) is 8.59. The fraction of sp³-hybridized carbons (Fsp3) is 0.0870. The van der Waals surface area contributed by atoms with Crippen molar-refractivity contribution < 1.29 is 14.3 Å². The van der Waals surface area contributed by atoms with Gasteiger partial charge in [0, 0.05) is 15.6 Å². The van der Waals surface area contributed by atoms with Gasteiger partial charge in [0.2, 0.25) is 0 Å². The van der Waals surface area contributed by atoms with Crippen molar-refractivity contribution in [2.45, 2.75) is 6.61 Å². The molecule has 28 heavy (non-hydrogen) atoms. The van der Waals surface area contributed by atoms with Gasteiger partial charge in [-0.1, -0.05) is 71.7 Å². The summed E-state index contributed by atoms with van der Waals surface area (Å²) in [5.41, 5.74) is 2.58. The summed E-state index contributed by atoms with van der Waals surface area (Å²) in [7, 11) is 1.60. The van der Waals surface area contributed by atoms with E-state index in [0.29, 0.717) is 26.9 Å². The van der Waals surface area contributed by atoms with Crippen LogP contribution in [0.4, 0.5) is 0 Å². The van der Waals surface area contributed by atoms with Crippen LogP contribution in [0.1, 0.15) is 16.7 Å². The first kappa shape index (κ1) is 20.0. The Balaban J connectivity index is 1.90. The summed E-state index contributed by atoms with van der Waals surface area (Å²) in [5.74, 6) is 0.238. The van der Waals surface area contributed by atoms with Gasteiger partial charge in [-0.05, 0) is 41.5 Å². The lowest BCUT2D eigenvalue weighted by atomic mass is 10.0. The lowest BCUT2D eigenvalue weighted by Gasteiger charge is -2.11. The van der Waals surface area contributed by atoms with Crippen molar-refractivity contribution in [3.05, 3.63) is 99.5 Å². The molecule has 0 aliphatic heterocycles. The Morgan fingerprint density at radius 3 is 2.29 bits per heavy atom. The normalized spacial score (nSPS) is 11.2. The van der Waals surface area contributed by atoms with Crippen LogP contribution in [-0.2, 0) is 16.1 Å². The molecule has 5 heteroatoms. The molecule has 0 atom stereocenters. The molecule has 3 aromatic carbocycles. The predicted molar refractivity (Wildman–Crippen MR) is 114 cm³/mol. The molecule has 0 bridgehead atoms. The zero-order valence-corrected chi connectivity index (χ0v) is 16.7. The van der Waals surface area contributed by atoms with E-state index in [0.717, 1.165) is 11.1 Å². The van der Waals surface area contributed by atoms with Crippen molar-refractivity contribution in [1.29, 1.82) is 0 Å². The second-order valence-corrected chi connectivity index (χ2v) is 6.79. The van der Waals surface area contributed by atoms with Crippen molar-refractivity contribution in [1.82, 2.24) is 0 Å². The van der Waals surface area contributed by atoms with Gasteiger partial charge in [0.05, 0.1) is 12.7 Å². The van der Waals surface area contributed by atoms with Gasteiger partial charge >= 0.3 is 5.97 Å². The van der Waals surface area contributed by atoms with E-state index >= 15 is 0 Å². The molecule has 0 spiro atoms. The summed E-state index contributed by atoms with van der Waals surface area (Å²) < 4.78 is 10.8. The molecule has 0 saturated carbocycles. The molecule has 0 fully saturated rings. The second-order valence-electron chi connectivity index (χ2n) is 5.98. The van der Waals surface area contributed by atoms with E-state index in [-0.39, 0.29) is 6.61 Å². The van der Waals surface area contributed by atoms with Gasteiger partial charge < -0.3 is 9.47 Å². The Kier molecular flexibility index (Phi) is 6.75. The molecule has 0 amide bonds. The molecular formula is C23H18Cl2O3. The number of carbonyl (C=O) groups excluding carboxylic acids is 1. The Bertz CT molecular complexity index is 977. The summed E-state index contributed by atoms with van der Waals surface area (Å²) in [6, 6.07) is 22.0. The average Bonchev–Trinajstić information content (AvgIpc) is 2.72. The third-order valence-electron chi connectivity index (χ3n) is 4.12. The molecule has 3 nitrogen and oxygen atoms in total. The van der Waals surface area contributed by atoms with Crippen LogP contribution in [0.5, 0.6) is 5.75 Å². The maximum atomic E-state index is 12.9. The minimum Gasteiger partial charge on any atom is -0.497 e. The number of halogens is 2. The van der Waals surface area contributed by atoms with E-state index in [2.05, 4.69) is 0 Å². The number of hydrogen-bond donors (Lipinski definition) is 0. The molecule has 0 aliphatic carbocycles. The van der Waals surface area contributed by atoms with Gasteiger partial charge in [-0.2, -0.15) is 0 Å². The molecule has 3 aromatic rings. The number of rotatable bonds is 6. The molecule has 3 rings (SSSR count). The van der Waals surface area contributed by atoms with E-state index in [1.54, 1.807) is 31.4 Å². The topological polar surface area (TPSA) is 35.5 Å². The van der Waals surface area contributed by atoms with E-state index < -0.39 is 5.97 Å². The number of ether oxygens (including phenoxy) is 2. The Hall–Kier alpha value is -2.75. The van der Waals surface area contributed by atoms with Gasteiger partial charge in [0.1, 0.15) is 12.4 Å². The third kappa shape index (κ3) is 4.94. The average molecular weight is 413 g/mol. The van der Waals surface area contributed by atoms with Gasteiger partial charge in [-0.25, -0.2) is 4.79 Å². The Labute approximate surface area is 174 Å². The highest BCUT2D eigenvalue weighted by molar-refractivity contribution is 6.36. The van der Waals surface area contributed by atoms with Crippen LogP contribution in [0.25, 0.3) is 11.6 Å². The SMILES string of the molecule is COc1cccc(C=C(C(=O)OCc2c(Cl)cccc2Cl)c2ccccc2)c1. The quantitative estimate of drug-likeness (QED) is 0.271. The van der Waals surface area contributed by atoms with Gasteiger partial charge in [0.25, 0.3) is 0 Å². The van der Waals surface area contributed by atoms with Gasteiger partial charge in [-0.3, -0.25) is 0 Å². The Morgan fingerprint density at radius 2 is 1.61 bits per heavy atom.